The molecule has 0 fully saturated rings. The van der Waals surface area contributed by atoms with Crippen molar-refractivity contribution < 1.29 is 32.2 Å². The molecule has 0 amide bonds. The Labute approximate surface area is 276 Å². The Hall–Kier alpha value is -3.83. The molecule has 0 atom stereocenters. The number of allylic oxidation sites excluding steroid dienone is 5. The molecule has 0 N–H and O–H groups in total. The van der Waals surface area contributed by atoms with Gasteiger partial charge in [0, 0.05) is 10.6 Å². The summed E-state index contributed by atoms with van der Waals surface area (Å²) in [6.45, 7) is 8.94. The summed E-state index contributed by atoms with van der Waals surface area (Å²) >= 11 is 1.61. The average Bonchev–Trinajstić information content (AvgIpc) is 3.41. The van der Waals surface area contributed by atoms with Crippen molar-refractivity contribution in [2.45, 2.75) is 87.5 Å². The predicted octanol–water partition coefficient (Wildman–Crippen LogP) is 8.06. The molecule has 3 rings (SSSR count). The van der Waals surface area contributed by atoms with E-state index >= 15 is 0 Å². The van der Waals surface area contributed by atoms with Gasteiger partial charge in [-0.3, -0.25) is 4.63 Å². The molecular formula is C35H44N2O7S2. The molecule has 1 heterocycles. The van der Waals surface area contributed by atoms with Crippen molar-refractivity contribution in [1.82, 2.24) is 5.16 Å². The van der Waals surface area contributed by atoms with Crippen molar-refractivity contribution in [3.05, 3.63) is 100 Å². The van der Waals surface area contributed by atoms with Gasteiger partial charge in [0.05, 0.1) is 28.8 Å². The molecule has 248 valence electrons. The van der Waals surface area contributed by atoms with Gasteiger partial charge in [-0.1, -0.05) is 65.3 Å². The number of hydrogen-bond donors (Lipinski definition) is 0. The second kappa shape index (κ2) is 19.0. The van der Waals surface area contributed by atoms with Crippen molar-refractivity contribution in [2.24, 2.45) is 0 Å². The normalized spacial score (nSPS) is 12.2. The molecule has 1 aromatic heterocycles. The van der Waals surface area contributed by atoms with Gasteiger partial charge in [0.15, 0.2) is 0 Å². The van der Waals surface area contributed by atoms with E-state index in [2.05, 4.69) is 55.7 Å². The van der Waals surface area contributed by atoms with Crippen LogP contribution in [0.4, 0.5) is 0 Å². The first-order valence-electron chi connectivity index (χ1n) is 15.5. The minimum Gasteiger partial charge on any atom is -0.462 e. The second-order valence-corrected chi connectivity index (χ2v) is 14.1. The van der Waals surface area contributed by atoms with E-state index in [9.17, 15) is 18.4 Å². The molecule has 0 aliphatic carbocycles. The second-order valence-electron chi connectivity index (χ2n) is 11.2. The summed E-state index contributed by atoms with van der Waals surface area (Å²) < 4.78 is 41.2. The maximum Gasteiger partial charge on any atom is 0.414 e. The molecule has 0 bridgehead atoms. The van der Waals surface area contributed by atoms with Crippen LogP contribution in [-0.4, -0.2) is 38.5 Å². The Kier molecular flexibility index (Phi) is 15.1. The minimum atomic E-state index is -4.17. The third kappa shape index (κ3) is 11.8. The Morgan fingerprint density at radius 3 is 2.28 bits per heavy atom. The first-order chi connectivity index (χ1) is 22.1. The maximum atomic E-state index is 12.8. The minimum absolute atomic E-state index is 0.0686. The van der Waals surface area contributed by atoms with Gasteiger partial charge in [-0.2, -0.15) is 0 Å². The van der Waals surface area contributed by atoms with E-state index in [-0.39, 0.29) is 34.9 Å². The van der Waals surface area contributed by atoms with Crippen LogP contribution in [0, 0.1) is 5.21 Å². The molecule has 11 heteroatoms. The third-order valence-electron chi connectivity index (χ3n) is 7.02. The standard InChI is InChI=1S/C35H44N2O7S2/c1-27(2)15-13-16-28(3)17-14-18-29(4)23-26-45-32-22-10-9-21-31(32)35(38)43-25-12-6-11-24-42-33-34(37(39)44-36-33)46(40,41)30-19-7-5-8-20-30/h5,7-10,15,17,19-23H,6,11-14,16,18,24-26H2,1-4H3/b28-17+,29-23+. The van der Waals surface area contributed by atoms with Gasteiger partial charge in [-0.25, -0.2) is 13.2 Å². The number of ether oxygens (including phenoxy) is 2. The molecule has 46 heavy (non-hydrogen) atoms. The number of thioether (sulfide) groups is 1. The van der Waals surface area contributed by atoms with Crippen LogP contribution in [-0.2, 0) is 14.6 Å². The van der Waals surface area contributed by atoms with Gasteiger partial charge >= 0.3 is 16.9 Å². The smallest absolute Gasteiger partial charge is 0.414 e. The van der Waals surface area contributed by atoms with Crippen LogP contribution in [0.2, 0.25) is 0 Å². The molecule has 0 saturated carbocycles. The van der Waals surface area contributed by atoms with Crippen molar-refractivity contribution in [3.8, 4) is 5.88 Å². The summed E-state index contributed by atoms with van der Waals surface area (Å²) in [7, 11) is -4.17. The van der Waals surface area contributed by atoms with Gasteiger partial charge in [0.2, 0.25) is 0 Å². The molecule has 0 radical (unpaired) electrons. The van der Waals surface area contributed by atoms with Crippen LogP contribution < -0.4 is 9.64 Å². The highest BCUT2D eigenvalue weighted by molar-refractivity contribution is 7.99. The number of rotatable bonds is 19. The summed E-state index contributed by atoms with van der Waals surface area (Å²) in [6.07, 6.45) is 12.8. The zero-order valence-electron chi connectivity index (χ0n) is 27.1. The van der Waals surface area contributed by atoms with Gasteiger partial charge < -0.3 is 14.7 Å². The van der Waals surface area contributed by atoms with Crippen LogP contribution in [0.25, 0.3) is 0 Å². The topological polar surface area (TPSA) is 123 Å². The maximum absolute atomic E-state index is 12.8. The van der Waals surface area contributed by atoms with Crippen molar-refractivity contribution >= 4 is 27.6 Å². The quantitative estimate of drug-likeness (QED) is 0.0410. The van der Waals surface area contributed by atoms with Crippen LogP contribution in [0.5, 0.6) is 5.88 Å². The number of carbonyl (C=O) groups excluding carboxylic acids is 1. The molecule has 0 saturated heterocycles. The number of benzene rings is 2. The number of esters is 1. The highest BCUT2D eigenvalue weighted by Crippen LogP contribution is 2.26. The van der Waals surface area contributed by atoms with E-state index in [0.717, 1.165) is 36.3 Å². The number of aromatic nitrogens is 2. The average molecular weight is 669 g/mol. The number of sulfone groups is 1. The van der Waals surface area contributed by atoms with Crippen molar-refractivity contribution in [3.63, 3.8) is 0 Å². The SMILES string of the molecule is CC(C)=CCC/C(C)=C/CC/C(C)=C/CSc1ccccc1C(=O)OCCCCCOc1no[n+]([O-])c1S(=O)(=O)c1ccccc1. The highest BCUT2D eigenvalue weighted by Gasteiger charge is 2.35. The van der Waals surface area contributed by atoms with Crippen LogP contribution >= 0.6 is 11.8 Å². The van der Waals surface area contributed by atoms with Gasteiger partial charge in [-0.15, -0.1) is 11.8 Å². The zero-order valence-corrected chi connectivity index (χ0v) is 28.7. The fourth-order valence-electron chi connectivity index (χ4n) is 4.41. The van der Waals surface area contributed by atoms with Crippen LogP contribution in [0.15, 0.2) is 109 Å². The fraction of sp³-hybridized carbons (Fsp3) is 0.400. The number of hydrogen-bond acceptors (Lipinski definition) is 9. The summed E-state index contributed by atoms with van der Waals surface area (Å²) in [6, 6.07) is 15.0. The first kappa shape index (κ1) is 36.6. The zero-order chi connectivity index (χ0) is 33.4. The van der Waals surface area contributed by atoms with E-state index in [1.54, 1.807) is 36.0 Å². The third-order valence-corrected chi connectivity index (χ3v) is 9.74. The Morgan fingerprint density at radius 1 is 0.891 bits per heavy atom. The Morgan fingerprint density at radius 2 is 1.54 bits per heavy atom. The summed E-state index contributed by atoms with van der Waals surface area (Å²) in [5, 5.41) is 14.8. The molecule has 0 unspecified atom stereocenters. The summed E-state index contributed by atoms with van der Waals surface area (Å²) in [5.74, 6) is 0.0141. The lowest BCUT2D eigenvalue weighted by molar-refractivity contribution is -0.832. The number of unbranched alkanes of at least 4 members (excludes halogenated alkanes) is 2. The monoisotopic (exact) mass is 668 g/mol. The number of nitrogens with zero attached hydrogens (tertiary/aromatic N) is 2. The first-order valence-corrected chi connectivity index (χ1v) is 17.9. The predicted molar refractivity (Wildman–Crippen MR) is 180 cm³/mol. The van der Waals surface area contributed by atoms with Crippen molar-refractivity contribution in [1.29, 1.82) is 0 Å². The Balaban J connectivity index is 1.38. The lowest BCUT2D eigenvalue weighted by Gasteiger charge is -2.09. The van der Waals surface area contributed by atoms with E-state index in [0.29, 0.717) is 24.8 Å². The molecule has 0 spiro atoms. The van der Waals surface area contributed by atoms with Crippen LogP contribution in [0.3, 0.4) is 0 Å². The van der Waals surface area contributed by atoms with Gasteiger partial charge in [0.1, 0.15) is 0 Å². The largest absolute Gasteiger partial charge is 0.462 e. The lowest BCUT2D eigenvalue weighted by atomic mass is 10.1. The molecule has 3 aromatic rings. The molecule has 0 aliphatic heterocycles. The molecule has 9 nitrogen and oxygen atoms in total. The van der Waals surface area contributed by atoms with E-state index in [1.165, 1.54) is 28.9 Å². The fourth-order valence-corrected chi connectivity index (χ4v) is 6.73. The van der Waals surface area contributed by atoms with Gasteiger partial charge in [-0.05, 0) is 102 Å². The summed E-state index contributed by atoms with van der Waals surface area (Å²) in [5.41, 5.74) is 4.66. The molecule has 0 aliphatic rings. The van der Waals surface area contributed by atoms with Gasteiger partial charge in [0.25, 0.3) is 9.84 Å². The van der Waals surface area contributed by atoms with E-state index in [1.807, 2.05) is 18.2 Å². The number of carbonyl (C=O) groups is 1. The van der Waals surface area contributed by atoms with Crippen LogP contribution in [0.1, 0.15) is 83.0 Å². The Bertz CT molecular complexity index is 1610. The lowest BCUT2D eigenvalue weighted by Crippen LogP contribution is -2.30. The highest BCUT2D eigenvalue weighted by atomic mass is 32.2. The molecule has 2 aromatic carbocycles. The molecular weight excluding hydrogens is 625 g/mol. The van der Waals surface area contributed by atoms with E-state index in [4.69, 9.17) is 9.47 Å². The van der Waals surface area contributed by atoms with Crippen molar-refractivity contribution in [2.75, 3.05) is 19.0 Å². The summed E-state index contributed by atoms with van der Waals surface area (Å²) in [4.78, 5) is 13.5. The van der Waals surface area contributed by atoms with E-state index < -0.39 is 14.9 Å².